The number of carbonyl (C=O) groups is 1. The second-order valence-corrected chi connectivity index (χ2v) is 3.93. The molecule has 1 saturated heterocycles. The van der Waals surface area contributed by atoms with Crippen molar-refractivity contribution in [3.05, 3.63) is 29.6 Å². The molecule has 18 heavy (non-hydrogen) atoms. The fraction of sp³-hybridized carbons (Fsp3) is 0.429. The van der Waals surface area contributed by atoms with Crippen LogP contribution in [0.15, 0.2) is 18.2 Å². The highest BCUT2D eigenvalue weighted by atomic mass is 19.1. The lowest BCUT2D eigenvalue weighted by atomic mass is 10.2. The highest BCUT2D eigenvalue weighted by Crippen LogP contribution is 2.27. The van der Waals surface area contributed by atoms with Crippen molar-refractivity contribution in [2.24, 2.45) is 0 Å². The van der Waals surface area contributed by atoms with E-state index in [1.807, 2.05) is 20.8 Å². The van der Waals surface area contributed by atoms with Gasteiger partial charge in [0.2, 0.25) is 5.91 Å². The number of anilines is 1. The van der Waals surface area contributed by atoms with E-state index in [0.717, 1.165) is 6.42 Å². The molecule has 0 N–H and O–H groups in total. The van der Waals surface area contributed by atoms with E-state index < -0.39 is 5.82 Å². The summed E-state index contributed by atoms with van der Waals surface area (Å²) in [7, 11) is 0. The van der Waals surface area contributed by atoms with Gasteiger partial charge in [-0.05, 0) is 31.5 Å². The van der Waals surface area contributed by atoms with Crippen LogP contribution in [-0.2, 0) is 4.79 Å². The molecule has 0 radical (unpaired) electrons. The summed E-state index contributed by atoms with van der Waals surface area (Å²) >= 11 is 0. The molecule has 1 aromatic rings. The van der Waals surface area contributed by atoms with Crippen molar-refractivity contribution >= 4 is 11.6 Å². The Labute approximate surface area is 107 Å². The lowest BCUT2D eigenvalue weighted by Gasteiger charge is -2.21. The molecule has 4 heteroatoms. The van der Waals surface area contributed by atoms with E-state index in [1.165, 1.54) is 12.1 Å². The fourth-order valence-corrected chi connectivity index (χ4v) is 1.97. The molecule has 0 spiro atoms. The van der Waals surface area contributed by atoms with E-state index in [9.17, 15) is 9.18 Å². The molecule has 1 aliphatic rings. The van der Waals surface area contributed by atoms with E-state index in [0.29, 0.717) is 12.1 Å². The van der Waals surface area contributed by atoms with E-state index >= 15 is 0 Å². The van der Waals surface area contributed by atoms with Crippen LogP contribution in [0.3, 0.4) is 0 Å². The number of halogens is 1. The highest BCUT2D eigenvalue weighted by Gasteiger charge is 2.29. The van der Waals surface area contributed by atoms with Crippen molar-refractivity contribution < 1.29 is 9.18 Å². The second kappa shape index (κ2) is 6.15. The van der Waals surface area contributed by atoms with Gasteiger partial charge in [0.05, 0.1) is 5.56 Å². The highest BCUT2D eigenvalue weighted by molar-refractivity contribution is 5.96. The van der Waals surface area contributed by atoms with Gasteiger partial charge in [-0.25, -0.2) is 4.39 Å². The third kappa shape index (κ3) is 2.67. The van der Waals surface area contributed by atoms with Crippen LogP contribution in [0, 0.1) is 17.1 Å². The Morgan fingerprint density at radius 3 is 2.56 bits per heavy atom. The Kier molecular flexibility index (Phi) is 4.85. The number of nitriles is 1. The molecule has 1 unspecified atom stereocenters. The van der Waals surface area contributed by atoms with Gasteiger partial charge < -0.3 is 4.90 Å². The molecule has 3 nitrogen and oxygen atoms in total. The lowest BCUT2D eigenvalue weighted by Crippen LogP contribution is -2.30. The minimum atomic E-state index is -0.577. The van der Waals surface area contributed by atoms with Crippen LogP contribution in [0.4, 0.5) is 10.1 Å². The average Bonchev–Trinajstić information content (AvgIpc) is 2.71. The lowest BCUT2D eigenvalue weighted by molar-refractivity contribution is -0.117. The number of amides is 1. The zero-order valence-corrected chi connectivity index (χ0v) is 10.9. The molecule has 0 saturated carbocycles. The Morgan fingerprint density at radius 2 is 2.11 bits per heavy atom. The first-order chi connectivity index (χ1) is 8.63. The summed E-state index contributed by atoms with van der Waals surface area (Å²) < 4.78 is 13.4. The monoisotopic (exact) mass is 248 g/mol. The Morgan fingerprint density at radius 1 is 1.44 bits per heavy atom. The number of benzene rings is 1. The molecule has 0 aliphatic carbocycles. The maximum absolute atomic E-state index is 13.4. The summed E-state index contributed by atoms with van der Waals surface area (Å²) in [6.07, 6.45) is 1.29. The predicted molar refractivity (Wildman–Crippen MR) is 68.6 cm³/mol. The van der Waals surface area contributed by atoms with Gasteiger partial charge in [0.25, 0.3) is 0 Å². The van der Waals surface area contributed by atoms with Crippen LogP contribution in [0.5, 0.6) is 0 Å². The van der Waals surface area contributed by atoms with Gasteiger partial charge >= 0.3 is 0 Å². The predicted octanol–water partition coefficient (Wildman–Crippen LogP) is 3.24. The minimum absolute atomic E-state index is 0.00282. The molecule has 1 atom stereocenters. The van der Waals surface area contributed by atoms with Crippen molar-refractivity contribution in [1.82, 2.24) is 0 Å². The van der Waals surface area contributed by atoms with Crippen molar-refractivity contribution in [2.45, 2.75) is 39.7 Å². The van der Waals surface area contributed by atoms with Crippen molar-refractivity contribution in [3.63, 3.8) is 0 Å². The number of carbonyl (C=O) groups excluding carboxylic acids is 1. The van der Waals surface area contributed by atoms with Gasteiger partial charge in [0.1, 0.15) is 11.9 Å². The smallest absolute Gasteiger partial charge is 0.227 e. The number of nitrogens with zero attached hydrogens (tertiary/aromatic N) is 2. The Balaban J connectivity index is 0.000000771. The van der Waals surface area contributed by atoms with Gasteiger partial charge in [0, 0.05) is 18.2 Å². The normalized spacial score (nSPS) is 18.1. The van der Waals surface area contributed by atoms with E-state index in [1.54, 1.807) is 17.0 Å². The summed E-state index contributed by atoms with van der Waals surface area (Å²) in [6, 6.07) is 6.12. The molecule has 1 aliphatic heterocycles. The molecule has 1 amide bonds. The van der Waals surface area contributed by atoms with Gasteiger partial charge in [0.15, 0.2) is 0 Å². The molecule has 1 heterocycles. The van der Waals surface area contributed by atoms with Gasteiger partial charge in [-0.1, -0.05) is 13.8 Å². The minimum Gasteiger partial charge on any atom is -0.310 e. The summed E-state index contributed by atoms with van der Waals surface area (Å²) in [4.78, 5) is 13.2. The van der Waals surface area contributed by atoms with Crippen molar-refractivity contribution in [1.29, 1.82) is 5.26 Å². The van der Waals surface area contributed by atoms with Gasteiger partial charge in [-0.3, -0.25) is 4.79 Å². The first kappa shape index (κ1) is 14.2. The van der Waals surface area contributed by atoms with E-state index in [2.05, 4.69) is 0 Å². The van der Waals surface area contributed by atoms with Crippen LogP contribution in [0.2, 0.25) is 0 Å². The van der Waals surface area contributed by atoms with Gasteiger partial charge in [-0.2, -0.15) is 5.26 Å². The number of rotatable bonds is 1. The van der Waals surface area contributed by atoms with Crippen LogP contribution in [-0.4, -0.2) is 11.9 Å². The average molecular weight is 248 g/mol. The summed E-state index contributed by atoms with van der Waals surface area (Å²) in [5.74, 6) is -0.566. The van der Waals surface area contributed by atoms with Crippen LogP contribution >= 0.6 is 0 Å². The third-order valence-electron chi connectivity index (χ3n) is 2.84. The summed E-state index contributed by atoms with van der Waals surface area (Å²) in [5.41, 5.74) is 0.537. The fourth-order valence-electron chi connectivity index (χ4n) is 1.97. The topological polar surface area (TPSA) is 44.1 Å². The molecular formula is C14H17FN2O. The van der Waals surface area contributed by atoms with Gasteiger partial charge in [-0.15, -0.1) is 0 Å². The first-order valence-electron chi connectivity index (χ1n) is 6.15. The molecular weight excluding hydrogens is 231 g/mol. The van der Waals surface area contributed by atoms with Crippen LogP contribution in [0.1, 0.15) is 39.2 Å². The summed E-state index contributed by atoms with van der Waals surface area (Å²) in [6.45, 7) is 5.93. The van der Waals surface area contributed by atoms with Crippen molar-refractivity contribution in [3.8, 4) is 6.07 Å². The van der Waals surface area contributed by atoms with E-state index in [-0.39, 0.29) is 17.5 Å². The number of hydrogen-bond donors (Lipinski definition) is 0. The molecule has 2 rings (SSSR count). The molecule has 96 valence electrons. The maximum Gasteiger partial charge on any atom is 0.227 e. The zero-order valence-electron chi connectivity index (χ0n) is 10.9. The standard InChI is InChI=1S/C12H11FN2O.C2H6/c1-8-2-5-12(16)15(8)10-4-3-9(7-14)11(13)6-10;1-2/h3-4,6,8H,2,5H2,1H3;1-2H3. The summed E-state index contributed by atoms with van der Waals surface area (Å²) in [5, 5.41) is 8.61. The SMILES string of the molecule is CC.CC1CCC(=O)N1c1ccc(C#N)c(F)c1. The van der Waals surface area contributed by atoms with E-state index in [4.69, 9.17) is 5.26 Å². The Hall–Kier alpha value is -1.89. The molecule has 0 aromatic heterocycles. The largest absolute Gasteiger partial charge is 0.310 e. The van der Waals surface area contributed by atoms with Crippen LogP contribution < -0.4 is 4.90 Å². The molecule has 1 aromatic carbocycles. The number of hydrogen-bond acceptors (Lipinski definition) is 2. The second-order valence-electron chi connectivity index (χ2n) is 3.93. The third-order valence-corrected chi connectivity index (χ3v) is 2.84. The Bertz CT molecular complexity index is 479. The maximum atomic E-state index is 13.4. The van der Waals surface area contributed by atoms with Crippen molar-refractivity contribution in [2.75, 3.05) is 4.90 Å². The molecule has 0 bridgehead atoms. The zero-order chi connectivity index (χ0) is 13.7. The molecule has 1 fully saturated rings. The quantitative estimate of drug-likeness (QED) is 0.765. The first-order valence-corrected chi connectivity index (χ1v) is 6.15. The van der Waals surface area contributed by atoms with Crippen LogP contribution in [0.25, 0.3) is 0 Å².